The lowest BCUT2D eigenvalue weighted by Gasteiger charge is -2.57. The number of rotatable bonds is 3. The van der Waals surface area contributed by atoms with Gasteiger partial charge >= 0.3 is 0 Å². The van der Waals surface area contributed by atoms with Gasteiger partial charge in [0.15, 0.2) is 5.96 Å². The van der Waals surface area contributed by atoms with E-state index in [0.29, 0.717) is 35.6 Å². The number of guanidine groups is 1. The third-order valence-electron chi connectivity index (χ3n) is 7.40. The molecule has 6 heteroatoms. The van der Waals surface area contributed by atoms with E-state index in [-0.39, 0.29) is 24.0 Å². The molecule has 4 rings (SSSR count). The van der Waals surface area contributed by atoms with E-state index in [9.17, 15) is 0 Å². The Morgan fingerprint density at radius 1 is 1.12 bits per heavy atom. The van der Waals surface area contributed by atoms with Gasteiger partial charge in [-0.2, -0.15) is 0 Å². The lowest BCUT2D eigenvalue weighted by molar-refractivity contribution is -0.125. The molecule has 5 nitrogen and oxygen atoms in total. The summed E-state index contributed by atoms with van der Waals surface area (Å²) in [5.74, 6) is 1.71. The van der Waals surface area contributed by atoms with Crippen molar-refractivity contribution in [1.82, 2.24) is 15.5 Å². The average Bonchev–Trinajstić information content (AvgIpc) is 3.27. The summed E-state index contributed by atoms with van der Waals surface area (Å²) in [4.78, 5) is 7.14. The molecule has 2 saturated carbocycles. The Labute approximate surface area is 176 Å². The van der Waals surface area contributed by atoms with Crippen LogP contribution in [0.25, 0.3) is 0 Å². The van der Waals surface area contributed by atoms with Crippen molar-refractivity contribution < 1.29 is 4.74 Å². The number of likely N-dealkylation sites (tertiary alicyclic amines) is 1. The highest BCUT2D eigenvalue weighted by molar-refractivity contribution is 14.0. The maximum absolute atomic E-state index is 6.11. The Bertz CT molecular complexity index is 498. The quantitative estimate of drug-likeness (QED) is 0.374. The highest BCUT2D eigenvalue weighted by Crippen LogP contribution is 2.60. The van der Waals surface area contributed by atoms with Crippen LogP contribution in [-0.4, -0.2) is 61.8 Å². The van der Waals surface area contributed by atoms with Crippen molar-refractivity contribution in [2.45, 2.75) is 83.0 Å². The van der Waals surface area contributed by atoms with Crippen LogP contribution in [0.5, 0.6) is 0 Å². The Kier molecular flexibility index (Phi) is 6.76. The summed E-state index contributed by atoms with van der Waals surface area (Å²) in [5, 5.41) is 7.56. The molecule has 150 valence electrons. The van der Waals surface area contributed by atoms with Crippen molar-refractivity contribution in [3.63, 3.8) is 0 Å². The molecule has 0 aromatic rings. The fourth-order valence-corrected chi connectivity index (χ4v) is 5.98. The van der Waals surface area contributed by atoms with Crippen LogP contribution >= 0.6 is 24.0 Å². The monoisotopic (exact) mass is 476 g/mol. The fourth-order valence-electron chi connectivity index (χ4n) is 5.98. The number of piperidine rings is 1. The number of hydrogen-bond donors (Lipinski definition) is 2. The number of hydrogen-bond acceptors (Lipinski definition) is 3. The van der Waals surface area contributed by atoms with Crippen molar-refractivity contribution in [2.24, 2.45) is 16.3 Å². The van der Waals surface area contributed by atoms with E-state index in [0.717, 1.165) is 12.6 Å². The molecule has 0 aromatic carbocycles. The van der Waals surface area contributed by atoms with Gasteiger partial charge in [0.25, 0.3) is 0 Å². The Morgan fingerprint density at radius 3 is 2.42 bits per heavy atom. The molecule has 3 unspecified atom stereocenters. The molecule has 0 bridgehead atoms. The largest absolute Gasteiger partial charge is 0.377 e. The second-order valence-electron chi connectivity index (χ2n) is 8.93. The number of fused-ring (bicyclic) bond motifs is 2. The maximum Gasteiger partial charge on any atom is 0.191 e. The predicted molar refractivity (Wildman–Crippen MR) is 117 cm³/mol. The Morgan fingerprint density at radius 2 is 1.81 bits per heavy atom. The number of nitrogens with one attached hydrogen (secondary N) is 2. The van der Waals surface area contributed by atoms with Gasteiger partial charge in [0.05, 0.1) is 6.10 Å². The number of aliphatic imine (C=N–C) groups is 1. The first-order valence-electron chi connectivity index (χ1n) is 10.5. The van der Waals surface area contributed by atoms with Gasteiger partial charge in [0.2, 0.25) is 0 Å². The summed E-state index contributed by atoms with van der Waals surface area (Å²) in [7, 11) is 1.92. The normalized spacial score (nSPS) is 34.5. The standard InChI is InChI=1S/C20H36N4O.HI/c1-14(2)24-11-6-15(7-12-24)22-19(21-3)23-17-16-8-13-25-18(16)20(17)9-4-5-10-20;/h14-18H,4-13H2,1-3H3,(H2,21,22,23);1H. The van der Waals surface area contributed by atoms with Crippen LogP contribution in [0.4, 0.5) is 0 Å². The molecule has 1 spiro atoms. The van der Waals surface area contributed by atoms with Gasteiger partial charge in [-0.25, -0.2) is 0 Å². The van der Waals surface area contributed by atoms with E-state index >= 15 is 0 Å². The summed E-state index contributed by atoms with van der Waals surface area (Å²) in [5.41, 5.74) is 0.389. The van der Waals surface area contributed by atoms with Gasteiger partial charge in [-0.1, -0.05) is 12.8 Å². The summed E-state index contributed by atoms with van der Waals surface area (Å²) >= 11 is 0. The molecule has 4 aliphatic rings. The van der Waals surface area contributed by atoms with Crippen molar-refractivity contribution in [3.05, 3.63) is 0 Å². The fraction of sp³-hybridized carbons (Fsp3) is 0.950. The molecule has 4 fully saturated rings. The van der Waals surface area contributed by atoms with Gasteiger partial charge < -0.3 is 20.3 Å². The van der Waals surface area contributed by atoms with E-state index in [4.69, 9.17) is 4.74 Å². The van der Waals surface area contributed by atoms with E-state index in [2.05, 4.69) is 34.4 Å². The lowest BCUT2D eigenvalue weighted by atomic mass is 9.54. The molecule has 2 aliphatic carbocycles. The van der Waals surface area contributed by atoms with Crippen LogP contribution in [0.15, 0.2) is 4.99 Å². The smallest absolute Gasteiger partial charge is 0.191 e. The van der Waals surface area contributed by atoms with Crippen LogP contribution < -0.4 is 10.6 Å². The second-order valence-corrected chi connectivity index (χ2v) is 8.93. The first-order chi connectivity index (χ1) is 12.1. The average molecular weight is 476 g/mol. The third kappa shape index (κ3) is 3.62. The van der Waals surface area contributed by atoms with Crippen LogP contribution in [-0.2, 0) is 4.74 Å². The summed E-state index contributed by atoms with van der Waals surface area (Å²) in [6, 6.07) is 1.77. The Balaban J connectivity index is 0.00000196. The van der Waals surface area contributed by atoms with Gasteiger partial charge in [-0.15, -0.1) is 24.0 Å². The van der Waals surface area contributed by atoms with Gasteiger partial charge in [0, 0.05) is 56.2 Å². The molecule has 0 radical (unpaired) electrons. The minimum atomic E-state index is 0. The second kappa shape index (κ2) is 8.52. The molecule has 0 amide bonds. The number of ether oxygens (including phenoxy) is 1. The van der Waals surface area contributed by atoms with Gasteiger partial charge in [0.1, 0.15) is 0 Å². The minimum absolute atomic E-state index is 0. The molecule has 3 atom stereocenters. The molecule has 2 N–H and O–H groups in total. The highest BCUT2D eigenvalue weighted by atomic mass is 127. The predicted octanol–water partition coefficient (Wildman–Crippen LogP) is 2.99. The van der Waals surface area contributed by atoms with Crippen LogP contribution in [0.1, 0.15) is 58.8 Å². The van der Waals surface area contributed by atoms with Crippen molar-refractivity contribution in [2.75, 3.05) is 26.7 Å². The molecule has 26 heavy (non-hydrogen) atoms. The molecule has 0 aromatic heterocycles. The SMILES string of the molecule is CN=C(NC1CCN(C(C)C)CC1)NC1C2CCOC2C12CCCC2.I. The molecule has 2 saturated heterocycles. The lowest BCUT2D eigenvalue weighted by Crippen LogP contribution is -2.69. The van der Waals surface area contributed by atoms with Crippen molar-refractivity contribution >= 4 is 29.9 Å². The first kappa shape index (κ1) is 20.6. The van der Waals surface area contributed by atoms with Crippen molar-refractivity contribution in [1.29, 1.82) is 0 Å². The first-order valence-corrected chi connectivity index (χ1v) is 10.5. The zero-order valence-electron chi connectivity index (χ0n) is 16.7. The molecule has 2 heterocycles. The molecular weight excluding hydrogens is 439 g/mol. The van der Waals surface area contributed by atoms with E-state index in [1.807, 2.05) is 7.05 Å². The van der Waals surface area contributed by atoms with Crippen LogP contribution in [0.2, 0.25) is 0 Å². The number of halogens is 1. The topological polar surface area (TPSA) is 48.9 Å². The molecule has 2 aliphatic heterocycles. The molecular formula is C20H37IN4O. The zero-order valence-corrected chi connectivity index (χ0v) is 19.0. The summed E-state index contributed by atoms with van der Waals surface area (Å²) in [6.45, 7) is 7.93. The third-order valence-corrected chi connectivity index (χ3v) is 7.40. The Hall–Kier alpha value is -0.0800. The van der Waals surface area contributed by atoms with Crippen molar-refractivity contribution in [3.8, 4) is 0 Å². The van der Waals surface area contributed by atoms with Crippen LogP contribution in [0, 0.1) is 11.3 Å². The van der Waals surface area contributed by atoms with Crippen LogP contribution in [0.3, 0.4) is 0 Å². The van der Waals surface area contributed by atoms with E-state index < -0.39 is 0 Å². The summed E-state index contributed by atoms with van der Waals surface area (Å²) in [6.07, 6.45) is 9.54. The number of nitrogens with zero attached hydrogens (tertiary/aromatic N) is 2. The maximum atomic E-state index is 6.11. The zero-order chi connectivity index (χ0) is 17.4. The van der Waals surface area contributed by atoms with E-state index in [1.165, 1.54) is 58.0 Å². The van der Waals surface area contributed by atoms with Gasteiger partial charge in [-0.05, 0) is 46.0 Å². The van der Waals surface area contributed by atoms with E-state index in [1.54, 1.807) is 0 Å². The summed E-state index contributed by atoms with van der Waals surface area (Å²) < 4.78 is 6.11. The minimum Gasteiger partial charge on any atom is -0.377 e. The highest BCUT2D eigenvalue weighted by Gasteiger charge is 2.65. The van der Waals surface area contributed by atoms with Gasteiger partial charge in [-0.3, -0.25) is 4.99 Å².